The Hall–Kier alpha value is -3.47. The van der Waals surface area contributed by atoms with E-state index in [2.05, 4.69) is 31.1 Å². The first kappa shape index (κ1) is 17.0. The van der Waals surface area contributed by atoms with Gasteiger partial charge in [0.2, 0.25) is 0 Å². The molecule has 0 saturated heterocycles. The Morgan fingerprint density at radius 3 is 2.07 bits per heavy atom. The highest BCUT2D eigenvalue weighted by Crippen LogP contribution is 2.38. The van der Waals surface area contributed by atoms with Crippen LogP contribution in [0.2, 0.25) is 0 Å². The monoisotopic (exact) mass is 356 g/mol. The number of nitrogens with zero attached hydrogens (tertiary/aromatic N) is 4. The van der Waals surface area contributed by atoms with Crippen molar-refractivity contribution in [3.8, 4) is 22.4 Å². The molecule has 0 aliphatic carbocycles. The molecule has 0 atom stereocenters. The summed E-state index contributed by atoms with van der Waals surface area (Å²) in [5, 5.41) is 8.81. The Balaban J connectivity index is 2.04. The van der Waals surface area contributed by atoms with Crippen LogP contribution < -0.4 is 0 Å². The van der Waals surface area contributed by atoms with E-state index in [4.69, 9.17) is 5.10 Å². The van der Waals surface area contributed by atoms with E-state index in [-0.39, 0.29) is 11.9 Å². The molecular formula is C22H20N4O. The lowest BCUT2D eigenvalue weighted by Crippen LogP contribution is -2.22. The molecule has 134 valence electrons. The van der Waals surface area contributed by atoms with Crippen molar-refractivity contribution in [2.75, 3.05) is 0 Å². The number of benzene rings is 2. The van der Waals surface area contributed by atoms with Crippen LogP contribution in [0.4, 0.5) is 4.79 Å². The minimum absolute atomic E-state index is 0.161. The molecule has 27 heavy (non-hydrogen) atoms. The molecule has 2 aromatic heterocycles. The molecule has 0 spiro atoms. The second-order valence-electron chi connectivity index (χ2n) is 6.64. The predicted octanol–water partition coefficient (Wildman–Crippen LogP) is 5.05. The van der Waals surface area contributed by atoms with Gasteiger partial charge in [0, 0.05) is 23.5 Å². The summed E-state index contributed by atoms with van der Waals surface area (Å²) in [7, 11) is 0. The van der Waals surface area contributed by atoms with Gasteiger partial charge >= 0.3 is 6.03 Å². The van der Waals surface area contributed by atoms with Crippen LogP contribution in [0.25, 0.3) is 22.4 Å². The Morgan fingerprint density at radius 2 is 1.52 bits per heavy atom. The fourth-order valence-corrected chi connectivity index (χ4v) is 3.21. The minimum atomic E-state index is -0.303. The van der Waals surface area contributed by atoms with Crippen LogP contribution in [0.1, 0.15) is 25.5 Å². The number of carbonyl (C=O) groups is 1. The molecule has 0 bridgehead atoms. The SMILES string of the molecule is CC(C)c1nn(C(=O)n2cccn2)c(-c2ccccc2)c1-c1ccccc1. The van der Waals surface area contributed by atoms with Crippen molar-refractivity contribution in [2.24, 2.45) is 0 Å². The van der Waals surface area contributed by atoms with E-state index < -0.39 is 0 Å². The molecule has 4 rings (SSSR count). The topological polar surface area (TPSA) is 52.7 Å². The average molecular weight is 356 g/mol. The summed E-state index contributed by atoms with van der Waals surface area (Å²) in [6.45, 7) is 4.18. The van der Waals surface area contributed by atoms with Crippen molar-refractivity contribution in [1.82, 2.24) is 19.6 Å². The summed E-state index contributed by atoms with van der Waals surface area (Å²) < 4.78 is 2.78. The normalized spacial score (nSPS) is 11.1. The summed E-state index contributed by atoms with van der Waals surface area (Å²) in [6.07, 6.45) is 3.22. The van der Waals surface area contributed by atoms with E-state index in [0.29, 0.717) is 0 Å². The number of hydrogen-bond donors (Lipinski definition) is 0. The molecule has 0 radical (unpaired) electrons. The smallest absolute Gasteiger partial charge is 0.244 e. The minimum Gasteiger partial charge on any atom is -0.244 e. The summed E-state index contributed by atoms with van der Waals surface area (Å²) in [5.41, 5.74) is 4.64. The van der Waals surface area contributed by atoms with Gasteiger partial charge in [-0.15, -0.1) is 0 Å². The van der Waals surface area contributed by atoms with Crippen molar-refractivity contribution in [3.05, 3.63) is 84.8 Å². The van der Waals surface area contributed by atoms with Gasteiger partial charge in [0.1, 0.15) is 0 Å². The first-order chi connectivity index (χ1) is 13.2. The third kappa shape index (κ3) is 3.08. The van der Waals surface area contributed by atoms with Crippen LogP contribution in [-0.2, 0) is 0 Å². The standard InChI is InChI=1S/C22H20N4O/c1-16(2)20-19(17-10-5-3-6-11-17)21(18-12-7-4-8-13-18)26(24-20)22(27)25-15-9-14-23-25/h3-16H,1-2H3. The molecule has 0 fully saturated rings. The Labute approximate surface area is 157 Å². The molecule has 5 heteroatoms. The Morgan fingerprint density at radius 1 is 0.889 bits per heavy atom. The van der Waals surface area contributed by atoms with Gasteiger partial charge < -0.3 is 0 Å². The molecular weight excluding hydrogens is 336 g/mol. The van der Waals surface area contributed by atoms with Crippen molar-refractivity contribution in [3.63, 3.8) is 0 Å². The van der Waals surface area contributed by atoms with Crippen LogP contribution in [0.5, 0.6) is 0 Å². The molecule has 2 aromatic carbocycles. The maximum absolute atomic E-state index is 13.1. The molecule has 4 aromatic rings. The highest BCUT2D eigenvalue weighted by Gasteiger charge is 2.26. The van der Waals surface area contributed by atoms with Gasteiger partial charge in [-0.1, -0.05) is 74.5 Å². The van der Waals surface area contributed by atoms with Gasteiger partial charge in [-0.25, -0.2) is 4.79 Å². The third-order valence-electron chi connectivity index (χ3n) is 4.45. The fraction of sp³-hybridized carbons (Fsp3) is 0.136. The number of rotatable bonds is 3. The number of hydrogen-bond acceptors (Lipinski definition) is 3. The summed E-state index contributed by atoms with van der Waals surface area (Å²) >= 11 is 0. The molecule has 0 N–H and O–H groups in total. The molecule has 0 amide bonds. The van der Waals surface area contributed by atoms with Gasteiger partial charge in [0.15, 0.2) is 0 Å². The lowest BCUT2D eigenvalue weighted by molar-refractivity contribution is 0.238. The maximum atomic E-state index is 13.1. The highest BCUT2D eigenvalue weighted by molar-refractivity contribution is 5.91. The first-order valence-electron chi connectivity index (χ1n) is 8.95. The Bertz CT molecular complexity index is 1050. The van der Waals surface area contributed by atoms with Gasteiger partial charge in [-0.3, -0.25) is 0 Å². The Kier molecular flexibility index (Phi) is 4.42. The molecule has 5 nitrogen and oxygen atoms in total. The van der Waals surface area contributed by atoms with Crippen molar-refractivity contribution in [1.29, 1.82) is 0 Å². The van der Waals surface area contributed by atoms with Crippen LogP contribution >= 0.6 is 0 Å². The summed E-state index contributed by atoms with van der Waals surface area (Å²) in [5.74, 6) is 0.161. The zero-order valence-electron chi connectivity index (χ0n) is 15.3. The maximum Gasteiger partial charge on any atom is 0.369 e. The van der Waals surface area contributed by atoms with Gasteiger partial charge in [0.05, 0.1) is 11.4 Å². The predicted molar refractivity (Wildman–Crippen MR) is 106 cm³/mol. The van der Waals surface area contributed by atoms with Gasteiger partial charge in [0.25, 0.3) is 0 Å². The van der Waals surface area contributed by atoms with Crippen molar-refractivity contribution in [2.45, 2.75) is 19.8 Å². The first-order valence-corrected chi connectivity index (χ1v) is 8.95. The zero-order chi connectivity index (χ0) is 18.8. The largest absolute Gasteiger partial charge is 0.369 e. The highest BCUT2D eigenvalue weighted by atomic mass is 16.2. The quantitative estimate of drug-likeness (QED) is 0.516. The fourth-order valence-electron chi connectivity index (χ4n) is 3.21. The van der Waals surface area contributed by atoms with Crippen molar-refractivity contribution < 1.29 is 4.79 Å². The van der Waals surface area contributed by atoms with E-state index >= 15 is 0 Å². The van der Waals surface area contributed by atoms with Crippen molar-refractivity contribution >= 4 is 6.03 Å². The van der Waals surface area contributed by atoms with E-state index in [1.54, 1.807) is 18.5 Å². The second-order valence-corrected chi connectivity index (χ2v) is 6.64. The molecule has 0 unspecified atom stereocenters. The van der Waals surface area contributed by atoms with Gasteiger partial charge in [-0.05, 0) is 17.5 Å². The summed E-state index contributed by atoms with van der Waals surface area (Å²) in [4.78, 5) is 13.1. The second kappa shape index (κ2) is 7.03. The molecule has 2 heterocycles. The van der Waals surface area contributed by atoms with Crippen LogP contribution in [0, 0.1) is 0 Å². The number of aromatic nitrogens is 4. The molecule has 0 aliphatic rings. The van der Waals surface area contributed by atoms with E-state index in [9.17, 15) is 4.79 Å². The molecule has 0 aliphatic heterocycles. The molecule has 0 saturated carbocycles. The average Bonchev–Trinajstić information content (AvgIpc) is 3.37. The van der Waals surface area contributed by atoms with Crippen LogP contribution in [-0.4, -0.2) is 25.6 Å². The lowest BCUT2D eigenvalue weighted by Gasteiger charge is -2.10. The third-order valence-corrected chi connectivity index (χ3v) is 4.45. The van der Waals surface area contributed by atoms with E-state index in [0.717, 1.165) is 28.1 Å². The van der Waals surface area contributed by atoms with E-state index in [1.165, 1.54) is 9.36 Å². The van der Waals surface area contributed by atoms with Gasteiger partial charge in [-0.2, -0.15) is 19.6 Å². The lowest BCUT2D eigenvalue weighted by atomic mass is 9.94. The number of carbonyl (C=O) groups excluding carboxylic acids is 1. The van der Waals surface area contributed by atoms with Crippen LogP contribution in [0.15, 0.2) is 79.1 Å². The van der Waals surface area contributed by atoms with Crippen LogP contribution in [0.3, 0.4) is 0 Å². The van der Waals surface area contributed by atoms with E-state index in [1.807, 2.05) is 48.5 Å². The summed E-state index contributed by atoms with van der Waals surface area (Å²) in [6, 6.07) is 21.4. The zero-order valence-corrected chi connectivity index (χ0v) is 15.3.